The molecule has 8 nitrogen and oxygen atoms in total. The number of alkyl halides is 2. The highest BCUT2D eigenvalue weighted by atomic mass is 32.2. The summed E-state index contributed by atoms with van der Waals surface area (Å²) in [5.41, 5.74) is 1.28. The van der Waals surface area contributed by atoms with Gasteiger partial charge in [0.15, 0.2) is 33.9 Å². The molecule has 0 aliphatic carbocycles. The van der Waals surface area contributed by atoms with Crippen molar-refractivity contribution in [3.63, 3.8) is 0 Å². The van der Waals surface area contributed by atoms with Crippen LogP contribution >= 0.6 is 0 Å². The van der Waals surface area contributed by atoms with Crippen LogP contribution in [0.3, 0.4) is 0 Å². The Morgan fingerprint density at radius 1 is 1.17 bits per heavy atom. The lowest BCUT2D eigenvalue weighted by atomic mass is 10.0. The molecule has 0 spiro atoms. The lowest BCUT2D eigenvalue weighted by molar-refractivity contribution is 0.162. The molecular formula is C22H27F4N5O3S. The first-order chi connectivity index (χ1) is 16.7. The first-order valence-corrected chi connectivity index (χ1v) is 12.7. The number of halogens is 4. The summed E-state index contributed by atoms with van der Waals surface area (Å²) >= 11 is 0. The molecule has 0 saturated carbocycles. The van der Waals surface area contributed by atoms with Crippen molar-refractivity contribution in [1.82, 2.24) is 14.9 Å². The van der Waals surface area contributed by atoms with Crippen LogP contribution in [0.2, 0.25) is 0 Å². The number of nitrogens with zero attached hydrogens (tertiary/aromatic N) is 4. The third-order valence-electron chi connectivity index (χ3n) is 6.21. The molecule has 192 valence electrons. The van der Waals surface area contributed by atoms with E-state index in [0.29, 0.717) is 56.1 Å². The van der Waals surface area contributed by atoms with Gasteiger partial charge in [-0.1, -0.05) is 0 Å². The van der Waals surface area contributed by atoms with Crippen LogP contribution in [0.25, 0.3) is 0 Å². The molecule has 3 heterocycles. The van der Waals surface area contributed by atoms with E-state index in [1.54, 1.807) is 4.90 Å². The maximum absolute atomic E-state index is 14.0. The van der Waals surface area contributed by atoms with Crippen LogP contribution in [-0.2, 0) is 17.1 Å². The standard InChI is InChI=1S/C22H27F4N5O3S/c1-13-20-17(6-9-31(13)12-35(32)33)28-21(27-11-19(25)26)22(29-20)30-7-4-15(5-8-30)34-18-3-2-14(23)10-16(18)24/h2-3,10,13,15,19,35H,4-9,11-12H2,1H3,(H,27,28). The minimum Gasteiger partial charge on any atom is -0.487 e. The lowest BCUT2D eigenvalue weighted by Gasteiger charge is -2.36. The molecular weight excluding hydrogens is 490 g/mol. The summed E-state index contributed by atoms with van der Waals surface area (Å²) in [5.74, 6) is -0.914. The lowest BCUT2D eigenvalue weighted by Crippen LogP contribution is -2.41. The Kier molecular flexibility index (Phi) is 7.95. The normalized spacial score (nSPS) is 19.3. The predicted molar refractivity (Wildman–Crippen MR) is 123 cm³/mol. The molecule has 0 radical (unpaired) electrons. The number of benzene rings is 1. The summed E-state index contributed by atoms with van der Waals surface area (Å²) in [6.07, 6.45) is -1.42. The number of thiol groups is 1. The maximum atomic E-state index is 14.0. The van der Waals surface area contributed by atoms with Gasteiger partial charge >= 0.3 is 0 Å². The van der Waals surface area contributed by atoms with Crippen LogP contribution in [0.4, 0.5) is 29.2 Å². The number of rotatable bonds is 8. The summed E-state index contributed by atoms with van der Waals surface area (Å²) in [4.78, 5) is 13.0. The van der Waals surface area contributed by atoms with Crippen LogP contribution in [0.1, 0.15) is 37.2 Å². The molecule has 1 saturated heterocycles. The fourth-order valence-electron chi connectivity index (χ4n) is 4.40. The highest BCUT2D eigenvalue weighted by Crippen LogP contribution is 2.34. The Morgan fingerprint density at radius 2 is 1.91 bits per heavy atom. The maximum Gasteiger partial charge on any atom is 0.255 e. The van der Waals surface area contributed by atoms with E-state index in [0.717, 1.165) is 12.1 Å². The second-order valence-corrected chi connectivity index (χ2v) is 9.54. The molecule has 2 aliphatic rings. The van der Waals surface area contributed by atoms with Crippen molar-refractivity contribution < 1.29 is 30.7 Å². The number of fused-ring (bicyclic) bond motifs is 1. The molecule has 0 amide bonds. The number of aromatic nitrogens is 2. The average molecular weight is 518 g/mol. The number of piperidine rings is 1. The second kappa shape index (κ2) is 10.9. The summed E-state index contributed by atoms with van der Waals surface area (Å²) < 4.78 is 81.2. The van der Waals surface area contributed by atoms with E-state index in [4.69, 9.17) is 9.72 Å². The number of anilines is 2. The van der Waals surface area contributed by atoms with E-state index in [9.17, 15) is 26.0 Å². The molecule has 1 N–H and O–H groups in total. The summed E-state index contributed by atoms with van der Waals surface area (Å²) in [7, 11) is -2.60. The predicted octanol–water partition coefficient (Wildman–Crippen LogP) is 2.97. The second-order valence-electron chi connectivity index (χ2n) is 8.59. The fourth-order valence-corrected chi connectivity index (χ4v) is 5.08. The van der Waals surface area contributed by atoms with Gasteiger partial charge in [0, 0.05) is 45.0 Å². The molecule has 2 aliphatic heterocycles. The molecule has 13 heteroatoms. The van der Waals surface area contributed by atoms with E-state index >= 15 is 0 Å². The topological polar surface area (TPSA) is 87.7 Å². The van der Waals surface area contributed by atoms with Gasteiger partial charge in [0.1, 0.15) is 11.9 Å². The van der Waals surface area contributed by atoms with E-state index in [1.165, 1.54) is 6.07 Å². The van der Waals surface area contributed by atoms with Crippen LogP contribution in [-0.4, -0.2) is 67.9 Å². The molecule has 1 fully saturated rings. The zero-order chi connectivity index (χ0) is 25.1. The highest BCUT2D eigenvalue weighted by Gasteiger charge is 2.31. The molecule has 1 aromatic heterocycles. The number of ether oxygens (including phenoxy) is 1. The zero-order valence-corrected chi connectivity index (χ0v) is 20.0. The first-order valence-electron chi connectivity index (χ1n) is 11.4. The highest BCUT2D eigenvalue weighted by molar-refractivity contribution is 7.72. The quantitative estimate of drug-likeness (QED) is 0.408. The van der Waals surface area contributed by atoms with Crippen molar-refractivity contribution in [3.8, 4) is 5.75 Å². The molecule has 2 aromatic rings. The van der Waals surface area contributed by atoms with Gasteiger partial charge in [-0.3, -0.25) is 4.90 Å². The zero-order valence-electron chi connectivity index (χ0n) is 19.1. The van der Waals surface area contributed by atoms with Gasteiger partial charge in [-0.25, -0.2) is 35.9 Å². The minimum atomic E-state index is -2.60. The van der Waals surface area contributed by atoms with Gasteiger partial charge in [0.25, 0.3) is 6.43 Å². The summed E-state index contributed by atoms with van der Waals surface area (Å²) in [6.45, 7) is 2.65. The van der Waals surface area contributed by atoms with Crippen molar-refractivity contribution >= 4 is 22.3 Å². The number of hydrogen-bond acceptors (Lipinski definition) is 8. The van der Waals surface area contributed by atoms with E-state index in [-0.39, 0.29) is 29.6 Å². The average Bonchev–Trinajstić information content (AvgIpc) is 2.81. The third kappa shape index (κ3) is 6.13. The van der Waals surface area contributed by atoms with E-state index in [1.807, 2.05) is 11.8 Å². The van der Waals surface area contributed by atoms with Crippen molar-refractivity contribution in [2.75, 3.05) is 42.3 Å². The van der Waals surface area contributed by atoms with Crippen molar-refractivity contribution in [1.29, 1.82) is 0 Å². The van der Waals surface area contributed by atoms with Gasteiger partial charge in [0.2, 0.25) is 0 Å². The summed E-state index contributed by atoms with van der Waals surface area (Å²) in [5, 5.41) is 2.69. The van der Waals surface area contributed by atoms with Gasteiger partial charge in [0.05, 0.1) is 29.9 Å². The molecule has 1 aromatic carbocycles. The van der Waals surface area contributed by atoms with Crippen LogP contribution in [0.15, 0.2) is 18.2 Å². The van der Waals surface area contributed by atoms with Crippen LogP contribution in [0, 0.1) is 11.6 Å². The van der Waals surface area contributed by atoms with Crippen LogP contribution < -0.4 is 15.0 Å². The molecule has 4 rings (SSSR count). The largest absolute Gasteiger partial charge is 0.487 e. The molecule has 35 heavy (non-hydrogen) atoms. The monoisotopic (exact) mass is 517 g/mol. The van der Waals surface area contributed by atoms with Crippen molar-refractivity contribution in [3.05, 3.63) is 41.2 Å². The van der Waals surface area contributed by atoms with Gasteiger partial charge in [-0.15, -0.1) is 0 Å². The summed E-state index contributed by atoms with van der Waals surface area (Å²) in [6, 6.07) is 2.84. The van der Waals surface area contributed by atoms with Crippen LogP contribution in [0.5, 0.6) is 5.75 Å². The number of nitrogens with one attached hydrogen (secondary N) is 1. The SMILES string of the molecule is CC1c2nc(N3CCC(Oc4ccc(F)cc4F)CC3)c(NCC(F)F)nc2CCN1C[SH](=O)=O. The van der Waals surface area contributed by atoms with Crippen molar-refractivity contribution in [2.45, 2.75) is 44.8 Å². The Hall–Kier alpha value is -2.67. The van der Waals surface area contributed by atoms with E-state index < -0.39 is 35.3 Å². The molecule has 0 bridgehead atoms. The molecule has 1 atom stereocenters. The van der Waals surface area contributed by atoms with Gasteiger partial charge < -0.3 is 15.0 Å². The Bertz CT molecular complexity index is 1120. The fraction of sp³-hybridized carbons (Fsp3) is 0.545. The third-order valence-corrected chi connectivity index (χ3v) is 6.80. The smallest absolute Gasteiger partial charge is 0.255 e. The Morgan fingerprint density at radius 3 is 2.57 bits per heavy atom. The first kappa shape index (κ1) is 25.4. The van der Waals surface area contributed by atoms with E-state index in [2.05, 4.69) is 10.3 Å². The Balaban J connectivity index is 1.53. The van der Waals surface area contributed by atoms with Gasteiger partial charge in [-0.05, 0) is 19.1 Å². The molecule has 1 unspecified atom stereocenters. The minimum absolute atomic E-state index is 0.0247. The van der Waals surface area contributed by atoms with Gasteiger partial charge in [-0.2, -0.15) is 0 Å². The van der Waals surface area contributed by atoms with Crippen molar-refractivity contribution in [2.24, 2.45) is 0 Å². The Labute approximate surface area is 202 Å². The number of hydrogen-bond donors (Lipinski definition) is 2.